The Labute approximate surface area is 117 Å². The van der Waals surface area contributed by atoms with E-state index in [4.69, 9.17) is 5.73 Å². The lowest BCUT2D eigenvalue weighted by Crippen LogP contribution is -2.57. The monoisotopic (exact) mass is 267 g/mol. The Morgan fingerprint density at radius 1 is 1.26 bits per heavy atom. The van der Waals surface area contributed by atoms with Crippen LogP contribution >= 0.6 is 0 Å². The molecular formula is C15H29N3O. The van der Waals surface area contributed by atoms with Crippen LogP contribution in [0.5, 0.6) is 0 Å². The summed E-state index contributed by atoms with van der Waals surface area (Å²) in [6.45, 7) is 10.4. The first-order valence-corrected chi connectivity index (χ1v) is 7.83. The molecule has 2 fully saturated rings. The second-order valence-corrected chi connectivity index (χ2v) is 6.36. The van der Waals surface area contributed by atoms with Gasteiger partial charge in [0.05, 0.1) is 5.92 Å². The molecule has 2 rings (SSSR count). The smallest absolute Gasteiger partial charge is 0.227 e. The summed E-state index contributed by atoms with van der Waals surface area (Å²) in [6.07, 6.45) is 3.33. The molecule has 19 heavy (non-hydrogen) atoms. The van der Waals surface area contributed by atoms with Crippen molar-refractivity contribution in [1.29, 1.82) is 0 Å². The molecule has 1 heterocycles. The van der Waals surface area contributed by atoms with E-state index in [9.17, 15) is 4.79 Å². The molecular weight excluding hydrogens is 238 g/mol. The van der Waals surface area contributed by atoms with Gasteiger partial charge in [-0.15, -0.1) is 0 Å². The standard InChI is InChI=1S/C15H29N3O/c1-4-17-8-9-18(10-12(17)3)15(19)14-11(2)6-5-7-13(14)16/h11-14H,4-10,16H2,1-3H3. The van der Waals surface area contributed by atoms with Crippen molar-refractivity contribution in [2.24, 2.45) is 17.6 Å². The highest BCUT2D eigenvalue weighted by Crippen LogP contribution is 2.31. The highest BCUT2D eigenvalue weighted by molar-refractivity contribution is 5.80. The van der Waals surface area contributed by atoms with E-state index in [0.717, 1.165) is 39.0 Å². The van der Waals surface area contributed by atoms with Crippen LogP contribution in [0.2, 0.25) is 0 Å². The van der Waals surface area contributed by atoms with Crippen LogP contribution < -0.4 is 5.73 Å². The van der Waals surface area contributed by atoms with Gasteiger partial charge in [-0.25, -0.2) is 0 Å². The fraction of sp³-hybridized carbons (Fsp3) is 0.933. The zero-order valence-corrected chi connectivity index (χ0v) is 12.6. The zero-order chi connectivity index (χ0) is 14.0. The third kappa shape index (κ3) is 3.11. The van der Waals surface area contributed by atoms with Gasteiger partial charge in [0, 0.05) is 31.7 Å². The van der Waals surface area contributed by atoms with Crippen molar-refractivity contribution in [2.75, 3.05) is 26.2 Å². The molecule has 4 unspecified atom stereocenters. The predicted octanol–water partition coefficient (Wildman–Crippen LogP) is 1.30. The van der Waals surface area contributed by atoms with Crippen molar-refractivity contribution in [1.82, 2.24) is 9.80 Å². The number of nitrogens with two attached hydrogens (primary N) is 1. The lowest BCUT2D eigenvalue weighted by atomic mass is 9.76. The Hall–Kier alpha value is -0.610. The summed E-state index contributed by atoms with van der Waals surface area (Å²) in [5.74, 6) is 0.798. The first-order valence-electron chi connectivity index (χ1n) is 7.83. The minimum Gasteiger partial charge on any atom is -0.340 e. The maximum absolute atomic E-state index is 12.7. The molecule has 1 amide bonds. The van der Waals surface area contributed by atoms with Gasteiger partial charge < -0.3 is 10.6 Å². The van der Waals surface area contributed by atoms with Gasteiger partial charge in [0.1, 0.15) is 0 Å². The third-order valence-electron chi connectivity index (χ3n) is 5.04. The molecule has 1 saturated carbocycles. The lowest BCUT2D eigenvalue weighted by Gasteiger charge is -2.43. The van der Waals surface area contributed by atoms with E-state index in [2.05, 4.69) is 30.6 Å². The van der Waals surface area contributed by atoms with Crippen molar-refractivity contribution >= 4 is 5.91 Å². The lowest BCUT2D eigenvalue weighted by molar-refractivity contribution is -0.141. The van der Waals surface area contributed by atoms with E-state index in [1.807, 2.05) is 0 Å². The molecule has 0 spiro atoms. The molecule has 4 nitrogen and oxygen atoms in total. The average Bonchev–Trinajstić information content (AvgIpc) is 2.38. The Morgan fingerprint density at radius 3 is 2.58 bits per heavy atom. The highest BCUT2D eigenvalue weighted by Gasteiger charge is 2.38. The molecule has 1 aliphatic heterocycles. The number of carbonyl (C=O) groups excluding carboxylic acids is 1. The van der Waals surface area contributed by atoms with E-state index >= 15 is 0 Å². The van der Waals surface area contributed by atoms with E-state index in [1.165, 1.54) is 6.42 Å². The topological polar surface area (TPSA) is 49.6 Å². The fourth-order valence-electron chi connectivity index (χ4n) is 3.76. The van der Waals surface area contributed by atoms with Crippen molar-refractivity contribution in [2.45, 2.75) is 52.1 Å². The summed E-state index contributed by atoms with van der Waals surface area (Å²) in [5.41, 5.74) is 6.21. The SMILES string of the molecule is CCN1CCN(C(=O)C2C(C)CCCC2N)CC1C. The van der Waals surface area contributed by atoms with Gasteiger partial charge in [-0.2, -0.15) is 0 Å². The Balaban J connectivity index is 1.99. The molecule has 1 saturated heterocycles. The number of hydrogen-bond acceptors (Lipinski definition) is 3. The summed E-state index contributed by atoms with van der Waals surface area (Å²) in [5, 5.41) is 0. The van der Waals surface area contributed by atoms with Gasteiger partial charge in [-0.1, -0.05) is 20.3 Å². The van der Waals surface area contributed by atoms with E-state index in [1.54, 1.807) is 0 Å². The molecule has 2 aliphatic rings. The van der Waals surface area contributed by atoms with E-state index in [-0.39, 0.29) is 12.0 Å². The first-order chi connectivity index (χ1) is 9.04. The number of piperazine rings is 1. The van der Waals surface area contributed by atoms with Crippen molar-refractivity contribution in [3.05, 3.63) is 0 Å². The molecule has 0 aromatic heterocycles. The van der Waals surface area contributed by atoms with Gasteiger partial charge in [0.15, 0.2) is 0 Å². The molecule has 110 valence electrons. The Kier molecular flexibility index (Phi) is 4.85. The summed E-state index contributed by atoms with van der Waals surface area (Å²) in [4.78, 5) is 17.2. The van der Waals surface area contributed by atoms with E-state index < -0.39 is 0 Å². The van der Waals surface area contributed by atoms with Gasteiger partial charge >= 0.3 is 0 Å². The van der Waals surface area contributed by atoms with Crippen molar-refractivity contribution in [3.8, 4) is 0 Å². The Morgan fingerprint density at radius 2 is 2.00 bits per heavy atom. The molecule has 2 N–H and O–H groups in total. The maximum atomic E-state index is 12.7. The van der Waals surface area contributed by atoms with Crippen LogP contribution in [0.3, 0.4) is 0 Å². The average molecular weight is 267 g/mol. The second-order valence-electron chi connectivity index (χ2n) is 6.36. The third-order valence-corrected chi connectivity index (χ3v) is 5.04. The normalized spacial score (nSPS) is 37.4. The summed E-state index contributed by atoms with van der Waals surface area (Å²) >= 11 is 0. The molecule has 4 atom stereocenters. The number of hydrogen-bond donors (Lipinski definition) is 1. The fourth-order valence-corrected chi connectivity index (χ4v) is 3.76. The molecule has 0 aromatic carbocycles. The van der Waals surface area contributed by atoms with Gasteiger partial charge in [0.25, 0.3) is 0 Å². The van der Waals surface area contributed by atoms with Crippen LogP contribution in [0.1, 0.15) is 40.0 Å². The number of rotatable bonds is 2. The highest BCUT2D eigenvalue weighted by atomic mass is 16.2. The summed E-state index contributed by atoms with van der Waals surface area (Å²) in [6, 6.07) is 0.536. The number of amides is 1. The minimum absolute atomic E-state index is 0.0501. The number of likely N-dealkylation sites (N-methyl/N-ethyl adjacent to an activating group) is 1. The Bertz CT molecular complexity index is 311. The van der Waals surface area contributed by atoms with Crippen LogP contribution in [0, 0.1) is 11.8 Å². The van der Waals surface area contributed by atoms with Crippen LogP contribution in [-0.2, 0) is 4.79 Å². The predicted molar refractivity (Wildman–Crippen MR) is 77.8 cm³/mol. The maximum Gasteiger partial charge on any atom is 0.227 e. The van der Waals surface area contributed by atoms with Crippen molar-refractivity contribution in [3.63, 3.8) is 0 Å². The largest absolute Gasteiger partial charge is 0.340 e. The molecule has 4 heteroatoms. The van der Waals surface area contributed by atoms with Gasteiger partial charge in [0.2, 0.25) is 5.91 Å². The van der Waals surface area contributed by atoms with Crippen LogP contribution in [-0.4, -0.2) is 54.0 Å². The summed E-state index contributed by atoms with van der Waals surface area (Å²) in [7, 11) is 0. The summed E-state index contributed by atoms with van der Waals surface area (Å²) < 4.78 is 0. The molecule has 0 radical (unpaired) electrons. The first kappa shape index (κ1) is 14.8. The molecule has 0 aromatic rings. The van der Waals surface area contributed by atoms with Gasteiger partial charge in [-0.05, 0) is 32.2 Å². The quantitative estimate of drug-likeness (QED) is 0.820. The van der Waals surface area contributed by atoms with Crippen LogP contribution in [0.25, 0.3) is 0 Å². The zero-order valence-electron chi connectivity index (χ0n) is 12.6. The molecule has 1 aliphatic carbocycles. The van der Waals surface area contributed by atoms with Gasteiger partial charge in [-0.3, -0.25) is 9.69 Å². The van der Waals surface area contributed by atoms with Crippen molar-refractivity contribution < 1.29 is 4.79 Å². The molecule has 0 bridgehead atoms. The second kappa shape index (κ2) is 6.23. The van der Waals surface area contributed by atoms with Crippen LogP contribution in [0.15, 0.2) is 0 Å². The van der Waals surface area contributed by atoms with Crippen LogP contribution in [0.4, 0.5) is 0 Å². The minimum atomic E-state index is 0.0501. The number of nitrogens with zero attached hydrogens (tertiary/aromatic N) is 2. The number of carbonyl (C=O) groups is 1. The van der Waals surface area contributed by atoms with E-state index in [0.29, 0.717) is 17.9 Å².